The number of fused-ring (bicyclic) bond motifs is 1. The average molecular weight is 288 g/mol. The van der Waals surface area contributed by atoms with Crippen molar-refractivity contribution in [2.75, 3.05) is 13.2 Å². The van der Waals surface area contributed by atoms with Crippen LogP contribution >= 0.6 is 0 Å². The highest BCUT2D eigenvalue weighted by Gasteiger charge is 2.37. The van der Waals surface area contributed by atoms with Gasteiger partial charge in [0.05, 0.1) is 13.2 Å². The molecule has 0 saturated heterocycles. The van der Waals surface area contributed by atoms with Gasteiger partial charge in [-0.1, -0.05) is 6.07 Å². The second-order valence-corrected chi connectivity index (χ2v) is 6.35. The maximum atomic E-state index is 11.5. The van der Waals surface area contributed by atoms with E-state index in [9.17, 15) is 4.79 Å². The molecule has 1 aromatic carbocycles. The Hall–Kier alpha value is -1.55. The number of amides is 1. The number of hydrogen-bond donors (Lipinski definition) is 1. The number of nitrogens with zero attached hydrogens (tertiary/aromatic N) is 1. The Morgan fingerprint density at radius 3 is 2.67 bits per heavy atom. The van der Waals surface area contributed by atoms with E-state index in [-0.39, 0.29) is 11.9 Å². The van der Waals surface area contributed by atoms with Gasteiger partial charge < -0.3 is 10.5 Å². The summed E-state index contributed by atoms with van der Waals surface area (Å²) in [5.74, 6) is 0.744. The lowest BCUT2D eigenvalue weighted by Gasteiger charge is -2.31. The minimum Gasteiger partial charge on any atom is -0.493 e. The number of hydrogen-bond acceptors (Lipinski definition) is 3. The minimum absolute atomic E-state index is 0.238. The average Bonchev–Trinajstić information content (AvgIpc) is 3.24. The Bertz CT molecular complexity index is 552. The fourth-order valence-corrected chi connectivity index (χ4v) is 3.24. The molecule has 1 fully saturated rings. The Balaban J connectivity index is 1.98. The van der Waals surface area contributed by atoms with E-state index < -0.39 is 0 Å². The molecule has 1 aliphatic heterocycles. The Kier molecular flexibility index (Phi) is 3.89. The lowest BCUT2D eigenvalue weighted by molar-refractivity contribution is -0.120. The zero-order valence-electron chi connectivity index (χ0n) is 12.9. The van der Waals surface area contributed by atoms with Crippen LogP contribution in [0, 0.1) is 13.8 Å². The first kappa shape index (κ1) is 14.4. The smallest absolute Gasteiger partial charge is 0.231 e. The number of primary amides is 1. The summed E-state index contributed by atoms with van der Waals surface area (Å²) in [6, 6.07) is 5.13. The Labute approximate surface area is 126 Å². The van der Waals surface area contributed by atoms with E-state index in [1.165, 1.54) is 29.5 Å². The quantitative estimate of drug-likeness (QED) is 0.926. The normalized spacial score (nSPS) is 21.6. The summed E-state index contributed by atoms with van der Waals surface area (Å²) in [5, 5.41) is 0. The highest BCUT2D eigenvalue weighted by atomic mass is 16.5. The molecule has 4 heteroatoms. The van der Waals surface area contributed by atoms with Gasteiger partial charge in [0.25, 0.3) is 0 Å². The topological polar surface area (TPSA) is 55.6 Å². The lowest BCUT2D eigenvalue weighted by atomic mass is 9.96. The van der Waals surface area contributed by atoms with Gasteiger partial charge in [-0.2, -0.15) is 0 Å². The number of benzene rings is 1. The molecule has 0 bridgehead atoms. The van der Waals surface area contributed by atoms with E-state index in [1.54, 1.807) is 0 Å². The first-order valence-electron chi connectivity index (χ1n) is 7.84. The monoisotopic (exact) mass is 288 g/mol. The first-order valence-corrected chi connectivity index (χ1v) is 7.84. The van der Waals surface area contributed by atoms with Crippen LogP contribution in [0.15, 0.2) is 12.1 Å². The third-order valence-electron chi connectivity index (χ3n) is 4.62. The second kappa shape index (κ2) is 5.68. The van der Waals surface area contributed by atoms with Crippen LogP contribution in [0.4, 0.5) is 0 Å². The minimum atomic E-state index is -0.238. The molecule has 114 valence electrons. The molecule has 1 atom stereocenters. The summed E-state index contributed by atoms with van der Waals surface area (Å²) in [7, 11) is 0. The van der Waals surface area contributed by atoms with Crippen LogP contribution in [0.2, 0.25) is 0 Å². The summed E-state index contributed by atoms with van der Waals surface area (Å²) in [6.07, 6.45) is 4.38. The maximum Gasteiger partial charge on any atom is 0.231 e. The number of rotatable bonds is 4. The molecule has 2 N–H and O–H groups in total. The molecule has 2 aliphatic rings. The molecule has 1 heterocycles. The second-order valence-electron chi connectivity index (χ2n) is 6.35. The van der Waals surface area contributed by atoms with E-state index in [0.29, 0.717) is 12.6 Å². The summed E-state index contributed by atoms with van der Waals surface area (Å²) in [4.78, 5) is 13.7. The predicted molar refractivity (Wildman–Crippen MR) is 82.3 cm³/mol. The zero-order chi connectivity index (χ0) is 15.0. The van der Waals surface area contributed by atoms with Crippen LogP contribution in [0.5, 0.6) is 5.75 Å². The molecule has 1 aromatic rings. The standard InChI is InChI=1S/C17H24N2O2/c1-11-8-14-15(19(10-17(18)20)13-5-6-13)4-3-7-21-16(14)9-12(11)2/h8-9,13,15H,3-7,10H2,1-2H3,(H2,18,20). The molecule has 1 aliphatic carbocycles. The molecule has 1 saturated carbocycles. The van der Waals surface area contributed by atoms with Crippen molar-refractivity contribution in [1.82, 2.24) is 4.90 Å². The summed E-state index contributed by atoms with van der Waals surface area (Å²) < 4.78 is 5.93. The molecular weight excluding hydrogens is 264 g/mol. The van der Waals surface area contributed by atoms with Gasteiger partial charge in [0.15, 0.2) is 0 Å². The van der Waals surface area contributed by atoms with Crippen molar-refractivity contribution in [2.45, 2.75) is 51.6 Å². The highest BCUT2D eigenvalue weighted by Crippen LogP contribution is 2.41. The van der Waals surface area contributed by atoms with E-state index in [4.69, 9.17) is 10.5 Å². The van der Waals surface area contributed by atoms with Gasteiger partial charge in [-0.3, -0.25) is 9.69 Å². The molecular formula is C17H24N2O2. The largest absolute Gasteiger partial charge is 0.493 e. The first-order chi connectivity index (χ1) is 10.1. The Morgan fingerprint density at radius 1 is 1.29 bits per heavy atom. The van der Waals surface area contributed by atoms with Gasteiger partial charge in [-0.25, -0.2) is 0 Å². The van der Waals surface area contributed by atoms with Gasteiger partial charge >= 0.3 is 0 Å². The van der Waals surface area contributed by atoms with Crippen molar-refractivity contribution < 1.29 is 9.53 Å². The number of carbonyl (C=O) groups excluding carboxylic acids is 1. The predicted octanol–water partition coefficient (Wildman–Crippen LogP) is 2.47. The zero-order valence-corrected chi connectivity index (χ0v) is 12.9. The van der Waals surface area contributed by atoms with Gasteiger partial charge in [0.1, 0.15) is 5.75 Å². The fraction of sp³-hybridized carbons (Fsp3) is 0.588. The third-order valence-corrected chi connectivity index (χ3v) is 4.62. The fourth-order valence-electron chi connectivity index (χ4n) is 3.24. The number of nitrogens with two attached hydrogens (primary N) is 1. The van der Waals surface area contributed by atoms with Crippen LogP contribution < -0.4 is 10.5 Å². The molecule has 3 rings (SSSR count). The molecule has 0 radical (unpaired) electrons. The van der Waals surface area contributed by atoms with Crippen molar-refractivity contribution in [3.8, 4) is 5.75 Å². The summed E-state index contributed by atoms with van der Waals surface area (Å²) >= 11 is 0. The van der Waals surface area contributed by atoms with Gasteiger partial charge in [-0.15, -0.1) is 0 Å². The molecule has 21 heavy (non-hydrogen) atoms. The van der Waals surface area contributed by atoms with Gasteiger partial charge in [0, 0.05) is 17.6 Å². The molecule has 4 nitrogen and oxygen atoms in total. The molecule has 0 spiro atoms. The maximum absolute atomic E-state index is 11.5. The molecule has 1 unspecified atom stereocenters. The Morgan fingerprint density at radius 2 is 2.00 bits per heavy atom. The van der Waals surface area contributed by atoms with Crippen molar-refractivity contribution in [1.29, 1.82) is 0 Å². The number of ether oxygens (including phenoxy) is 1. The lowest BCUT2D eigenvalue weighted by Crippen LogP contribution is -2.38. The van der Waals surface area contributed by atoms with Gasteiger partial charge in [0.2, 0.25) is 5.91 Å². The van der Waals surface area contributed by atoms with E-state index >= 15 is 0 Å². The van der Waals surface area contributed by atoms with E-state index in [0.717, 1.165) is 25.2 Å². The molecule has 0 aromatic heterocycles. The van der Waals surface area contributed by atoms with Crippen molar-refractivity contribution >= 4 is 5.91 Å². The van der Waals surface area contributed by atoms with Crippen molar-refractivity contribution in [3.05, 3.63) is 28.8 Å². The van der Waals surface area contributed by atoms with Crippen LogP contribution in [0.25, 0.3) is 0 Å². The summed E-state index contributed by atoms with van der Waals surface area (Å²) in [6.45, 7) is 5.34. The SMILES string of the molecule is Cc1cc2c(cc1C)C(N(CC(N)=O)C1CC1)CCCO2. The third kappa shape index (κ3) is 3.05. The van der Waals surface area contributed by atoms with Crippen LogP contribution in [-0.2, 0) is 4.79 Å². The number of aryl methyl sites for hydroxylation is 2. The highest BCUT2D eigenvalue weighted by molar-refractivity contribution is 5.76. The summed E-state index contributed by atoms with van der Waals surface area (Å²) in [5.41, 5.74) is 9.22. The van der Waals surface area contributed by atoms with Crippen LogP contribution in [-0.4, -0.2) is 30.0 Å². The molecule has 1 amide bonds. The van der Waals surface area contributed by atoms with Gasteiger partial charge in [-0.05, 0) is 56.7 Å². The van der Waals surface area contributed by atoms with E-state index in [1.807, 2.05) is 0 Å². The van der Waals surface area contributed by atoms with E-state index in [2.05, 4.69) is 30.9 Å². The van der Waals surface area contributed by atoms with Crippen LogP contribution in [0.1, 0.15) is 48.4 Å². The van der Waals surface area contributed by atoms with Crippen molar-refractivity contribution in [3.63, 3.8) is 0 Å². The number of carbonyl (C=O) groups is 1. The van der Waals surface area contributed by atoms with Crippen LogP contribution in [0.3, 0.4) is 0 Å². The van der Waals surface area contributed by atoms with Crippen molar-refractivity contribution in [2.24, 2.45) is 5.73 Å².